The Morgan fingerprint density at radius 3 is 2.51 bits per heavy atom. The second-order valence-electron chi connectivity index (χ2n) is 7.70. The third-order valence-corrected chi connectivity index (χ3v) is 6.83. The van der Waals surface area contributed by atoms with Gasteiger partial charge in [0.15, 0.2) is 11.5 Å². The van der Waals surface area contributed by atoms with Crippen LogP contribution in [0.5, 0.6) is 0 Å². The van der Waals surface area contributed by atoms with Crippen molar-refractivity contribution in [2.75, 3.05) is 6.61 Å². The van der Waals surface area contributed by atoms with E-state index in [9.17, 15) is 19.5 Å². The molecule has 1 aromatic heterocycles. The minimum Gasteiger partial charge on any atom is -0.481 e. The third kappa shape index (κ3) is 8.18. The zero-order chi connectivity index (χ0) is 26.9. The number of nitrogens with one attached hydrogen (secondary N) is 1. The number of carboxylic acid groups (broad SMARTS) is 1. The highest BCUT2D eigenvalue weighted by atomic mass is 35.5. The number of aryl methyl sites for hydroxylation is 1. The molecule has 3 aromatic rings. The first-order chi connectivity index (χ1) is 17.7. The van der Waals surface area contributed by atoms with Crippen LogP contribution >= 0.6 is 35.0 Å². The molecule has 1 atom stereocenters. The Morgan fingerprint density at radius 2 is 1.89 bits per heavy atom. The van der Waals surface area contributed by atoms with Gasteiger partial charge < -0.3 is 15.2 Å². The van der Waals surface area contributed by atoms with Crippen molar-refractivity contribution in [3.05, 3.63) is 69.0 Å². The van der Waals surface area contributed by atoms with Crippen LogP contribution in [-0.2, 0) is 27.3 Å². The van der Waals surface area contributed by atoms with E-state index in [2.05, 4.69) is 25.7 Å². The summed E-state index contributed by atoms with van der Waals surface area (Å²) in [6.07, 6.45) is -1.23. The fraction of sp³-hybridized carbons (Fsp3) is 0.261. The Labute approximate surface area is 225 Å². The van der Waals surface area contributed by atoms with E-state index in [0.717, 1.165) is 27.6 Å². The number of carboxylic acids is 1. The highest BCUT2D eigenvalue weighted by Gasteiger charge is 2.26. The molecular weight excluding hydrogens is 543 g/mol. The Kier molecular flexibility index (Phi) is 9.85. The number of rotatable bonds is 11. The van der Waals surface area contributed by atoms with Gasteiger partial charge in [-0.3, -0.25) is 9.59 Å². The number of tetrazole rings is 1. The summed E-state index contributed by atoms with van der Waals surface area (Å²) < 4.78 is 6.26. The van der Waals surface area contributed by atoms with Crippen LogP contribution in [0.15, 0.2) is 46.5 Å². The van der Waals surface area contributed by atoms with Gasteiger partial charge in [-0.15, -0.1) is 5.10 Å². The summed E-state index contributed by atoms with van der Waals surface area (Å²) in [6.45, 7) is 8.37. The molecule has 0 saturated carbocycles. The number of carbonyl (C=O) groups excluding carboxylic acids is 2. The van der Waals surface area contributed by atoms with Crippen molar-refractivity contribution in [1.82, 2.24) is 25.5 Å². The van der Waals surface area contributed by atoms with Gasteiger partial charge in [-0.05, 0) is 52.4 Å². The quantitative estimate of drug-likeness (QED) is 0.326. The van der Waals surface area contributed by atoms with Crippen LogP contribution in [0.3, 0.4) is 0 Å². The van der Waals surface area contributed by atoms with Gasteiger partial charge in [-0.2, -0.15) is 0 Å². The smallest absolute Gasteiger partial charge is 0.407 e. The second-order valence-corrected chi connectivity index (χ2v) is 9.50. The predicted octanol–water partition coefficient (Wildman–Crippen LogP) is 4.37. The van der Waals surface area contributed by atoms with Crippen molar-refractivity contribution in [3.8, 4) is 0 Å². The minimum absolute atomic E-state index is 0.0109. The highest BCUT2D eigenvalue weighted by Crippen LogP contribution is 2.38. The molecule has 2 N–H and O–H groups in total. The van der Waals surface area contributed by atoms with Gasteiger partial charge in [-0.1, -0.05) is 47.5 Å². The summed E-state index contributed by atoms with van der Waals surface area (Å²) >= 11 is 13.6. The molecule has 0 spiro atoms. The topological polar surface area (TPSA) is 141 Å². The lowest BCUT2D eigenvalue weighted by atomic mass is 10.1. The monoisotopic (exact) mass is 562 g/mol. The molecule has 2 aromatic carbocycles. The van der Waals surface area contributed by atoms with Gasteiger partial charge in [0.05, 0.1) is 34.5 Å². The molecule has 0 saturated heterocycles. The van der Waals surface area contributed by atoms with Gasteiger partial charge in [0.25, 0.3) is 0 Å². The highest BCUT2D eigenvalue weighted by molar-refractivity contribution is 7.99. The molecule has 3 rings (SSSR count). The molecule has 0 aliphatic rings. The van der Waals surface area contributed by atoms with Crippen molar-refractivity contribution in [1.29, 1.82) is 0 Å². The van der Waals surface area contributed by atoms with Crippen molar-refractivity contribution in [3.63, 3.8) is 0 Å². The van der Waals surface area contributed by atoms with Gasteiger partial charge in [0.1, 0.15) is 12.6 Å². The van der Waals surface area contributed by atoms with Crippen LogP contribution < -0.4 is 5.32 Å². The number of hydrogen-bond donors (Lipinski definition) is 2. The average molecular weight is 563 g/mol. The maximum absolute atomic E-state index is 12.9. The van der Waals surface area contributed by atoms with E-state index in [0.29, 0.717) is 27.0 Å². The number of hydrogen-bond acceptors (Lipinski definition) is 8. The molecule has 0 aliphatic carbocycles. The van der Waals surface area contributed by atoms with Gasteiger partial charge in [0.2, 0.25) is 5.16 Å². The standard InChI is InChI=1S/C23H20Cl2N6O5S/c1-13-9-16(24)21(17(25)10-13)37-22-28-29-30-31(22)12-19(32)18(11-20(33)34)27-23(35)36-8-7-14-3-5-15(26-2)6-4-14/h3-6,9-10,18H,7-8,11-12H2,1H3,(H,27,35)(H,33,34). The first-order valence-corrected chi connectivity index (χ1v) is 12.3. The average Bonchev–Trinajstić information content (AvgIpc) is 3.27. The van der Waals surface area contributed by atoms with Gasteiger partial charge in [-0.25, -0.2) is 14.3 Å². The summed E-state index contributed by atoms with van der Waals surface area (Å²) in [7, 11) is 0. The van der Waals surface area contributed by atoms with Crippen molar-refractivity contribution >= 4 is 58.5 Å². The summed E-state index contributed by atoms with van der Waals surface area (Å²) in [6, 6.07) is 8.84. The molecular formula is C23H20Cl2N6O5S. The number of alkyl carbamates (subject to hydrolysis) is 1. The predicted molar refractivity (Wildman–Crippen MR) is 135 cm³/mol. The molecule has 0 bridgehead atoms. The molecule has 1 heterocycles. The molecule has 0 aliphatic heterocycles. The van der Waals surface area contributed by atoms with E-state index >= 15 is 0 Å². The Balaban J connectivity index is 1.61. The number of ketones is 1. The van der Waals surface area contributed by atoms with E-state index in [1.54, 1.807) is 36.4 Å². The Morgan fingerprint density at radius 1 is 1.22 bits per heavy atom. The van der Waals surface area contributed by atoms with Gasteiger partial charge in [0, 0.05) is 6.42 Å². The largest absolute Gasteiger partial charge is 0.481 e. The van der Waals surface area contributed by atoms with Crippen molar-refractivity contribution < 1.29 is 24.2 Å². The molecule has 1 amide bonds. The van der Waals surface area contributed by atoms with E-state index in [4.69, 9.17) is 34.5 Å². The lowest BCUT2D eigenvalue weighted by Crippen LogP contribution is -2.44. The fourth-order valence-corrected chi connectivity index (χ4v) is 4.71. The number of amides is 1. The van der Waals surface area contributed by atoms with Crippen LogP contribution in [-0.4, -0.2) is 55.8 Å². The van der Waals surface area contributed by atoms with Crippen LogP contribution in [0.25, 0.3) is 4.85 Å². The molecule has 11 nitrogen and oxygen atoms in total. The number of benzene rings is 2. The van der Waals surface area contributed by atoms with Crippen molar-refractivity contribution in [2.45, 2.75) is 42.4 Å². The number of ether oxygens (including phenoxy) is 1. The second kappa shape index (κ2) is 13.0. The summed E-state index contributed by atoms with van der Waals surface area (Å²) in [4.78, 5) is 40.2. The third-order valence-electron chi connectivity index (χ3n) is 4.89. The van der Waals surface area contributed by atoms with E-state index < -0.39 is 36.9 Å². The lowest BCUT2D eigenvalue weighted by Gasteiger charge is -2.16. The van der Waals surface area contributed by atoms with Crippen molar-refractivity contribution in [2.24, 2.45) is 0 Å². The summed E-state index contributed by atoms with van der Waals surface area (Å²) in [5.74, 6) is -1.94. The van der Waals surface area contributed by atoms with Gasteiger partial charge >= 0.3 is 12.1 Å². The van der Waals surface area contributed by atoms with E-state index in [-0.39, 0.29) is 11.8 Å². The molecule has 37 heavy (non-hydrogen) atoms. The normalized spacial score (nSPS) is 11.4. The maximum atomic E-state index is 12.9. The van der Waals surface area contributed by atoms with Crippen LogP contribution in [0.1, 0.15) is 17.5 Å². The summed E-state index contributed by atoms with van der Waals surface area (Å²) in [5.41, 5.74) is 2.20. The number of carbonyl (C=O) groups is 3. The summed E-state index contributed by atoms with van der Waals surface area (Å²) in [5, 5.41) is 23.7. The van der Waals surface area contributed by atoms with Crippen LogP contribution in [0, 0.1) is 13.5 Å². The molecule has 192 valence electrons. The van der Waals surface area contributed by atoms with E-state index in [1.165, 1.54) is 0 Å². The molecule has 0 radical (unpaired) electrons. The number of aromatic nitrogens is 4. The number of halogens is 2. The first kappa shape index (κ1) is 27.9. The Bertz CT molecular complexity index is 1320. The number of nitrogens with zero attached hydrogens (tertiary/aromatic N) is 5. The maximum Gasteiger partial charge on any atom is 0.407 e. The molecule has 0 fully saturated rings. The van der Waals surface area contributed by atoms with Crippen LogP contribution in [0.2, 0.25) is 10.0 Å². The molecule has 1 unspecified atom stereocenters. The zero-order valence-electron chi connectivity index (χ0n) is 19.4. The fourth-order valence-electron chi connectivity index (χ4n) is 3.10. The number of aliphatic carboxylic acids is 1. The van der Waals surface area contributed by atoms with Crippen LogP contribution in [0.4, 0.5) is 10.5 Å². The van der Waals surface area contributed by atoms with E-state index in [1.807, 2.05) is 6.92 Å². The first-order valence-electron chi connectivity index (χ1n) is 10.7. The lowest BCUT2D eigenvalue weighted by molar-refractivity contribution is -0.139. The number of Topliss-reactive ketones (excluding diaryl/α,β-unsaturated/α-hetero) is 1. The Hall–Kier alpha value is -3.66. The zero-order valence-corrected chi connectivity index (χ0v) is 21.7. The molecule has 14 heteroatoms. The SMILES string of the molecule is [C-]#[N+]c1ccc(CCOC(=O)NC(CC(=O)O)C(=O)Cn2nnnc2Sc2c(Cl)cc(C)cc2Cl)cc1. The minimum atomic E-state index is -1.38.